The monoisotopic (exact) mass is 393 g/mol. The van der Waals surface area contributed by atoms with E-state index < -0.39 is 0 Å². The largest absolute Gasteiger partial charge is 0.411 e. The topological polar surface area (TPSA) is 59.2 Å². The summed E-state index contributed by atoms with van der Waals surface area (Å²) in [5.74, 6) is 2.44. The molecule has 2 aromatic carbocycles. The lowest BCUT2D eigenvalue weighted by molar-refractivity contribution is -0.132. The normalized spacial score (nSPS) is 21.8. The van der Waals surface area contributed by atoms with Crippen molar-refractivity contribution in [3.8, 4) is 11.5 Å². The molecule has 144 valence electrons. The standard InChI is InChI=1S/C22H23N3O2S/c26-20(25-12-15-4-3-5-16(10-15)13-25)14-28-22-24-23-21(27-22)19-9-8-17-6-1-2-7-18(17)11-19/h1-2,6-9,11,15-16H,3-5,10,12-14H2. The summed E-state index contributed by atoms with van der Waals surface area (Å²) in [7, 11) is 0. The summed E-state index contributed by atoms with van der Waals surface area (Å²) < 4.78 is 5.80. The van der Waals surface area contributed by atoms with E-state index in [9.17, 15) is 4.79 Å². The van der Waals surface area contributed by atoms with E-state index in [2.05, 4.69) is 34.5 Å². The SMILES string of the molecule is O=C(CSc1nnc(-c2ccc3ccccc3c2)o1)N1CC2CCCC(C2)C1. The third-order valence-corrected chi connectivity index (χ3v) is 6.73. The van der Waals surface area contributed by atoms with Crippen LogP contribution < -0.4 is 0 Å². The quantitative estimate of drug-likeness (QED) is 0.605. The maximum atomic E-state index is 12.6. The molecule has 1 aromatic heterocycles. The average molecular weight is 394 g/mol. The van der Waals surface area contributed by atoms with Crippen LogP contribution in [0.1, 0.15) is 25.7 Å². The van der Waals surface area contributed by atoms with Crippen molar-refractivity contribution >= 4 is 28.4 Å². The first-order chi connectivity index (χ1) is 13.7. The van der Waals surface area contributed by atoms with Crippen LogP contribution in [-0.4, -0.2) is 39.8 Å². The fourth-order valence-electron chi connectivity index (χ4n) is 4.56. The van der Waals surface area contributed by atoms with Crippen molar-refractivity contribution < 1.29 is 9.21 Å². The van der Waals surface area contributed by atoms with Gasteiger partial charge in [0.1, 0.15) is 0 Å². The van der Waals surface area contributed by atoms with Gasteiger partial charge in [0, 0.05) is 18.7 Å². The molecule has 1 saturated heterocycles. The second kappa shape index (κ2) is 7.59. The average Bonchev–Trinajstić information content (AvgIpc) is 3.20. The van der Waals surface area contributed by atoms with Gasteiger partial charge in [-0.3, -0.25) is 4.79 Å². The van der Waals surface area contributed by atoms with Gasteiger partial charge in [0.25, 0.3) is 5.22 Å². The number of benzene rings is 2. The van der Waals surface area contributed by atoms with E-state index in [1.165, 1.54) is 42.8 Å². The number of carbonyl (C=O) groups is 1. The highest BCUT2D eigenvalue weighted by Crippen LogP contribution is 2.35. The smallest absolute Gasteiger partial charge is 0.277 e. The first-order valence-electron chi connectivity index (χ1n) is 9.98. The van der Waals surface area contributed by atoms with E-state index in [4.69, 9.17) is 4.42 Å². The van der Waals surface area contributed by atoms with Crippen LogP contribution >= 0.6 is 11.8 Å². The van der Waals surface area contributed by atoms with Gasteiger partial charge in [-0.1, -0.05) is 48.5 Å². The van der Waals surface area contributed by atoms with Crippen molar-refractivity contribution in [1.29, 1.82) is 0 Å². The van der Waals surface area contributed by atoms with Crippen LogP contribution in [0.25, 0.3) is 22.2 Å². The molecule has 1 aliphatic heterocycles. The van der Waals surface area contributed by atoms with E-state index >= 15 is 0 Å². The Labute approximate surface area is 168 Å². The van der Waals surface area contributed by atoms with Crippen LogP contribution in [0.3, 0.4) is 0 Å². The van der Waals surface area contributed by atoms with Crippen molar-refractivity contribution in [1.82, 2.24) is 15.1 Å². The molecule has 1 saturated carbocycles. The molecular formula is C22H23N3O2S. The van der Waals surface area contributed by atoms with Crippen LogP contribution in [0.5, 0.6) is 0 Å². The number of carbonyl (C=O) groups excluding carboxylic acids is 1. The molecule has 0 N–H and O–H groups in total. The van der Waals surface area contributed by atoms with Gasteiger partial charge >= 0.3 is 0 Å². The number of nitrogens with zero attached hydrogens (tertiary/aromatic N) is 3. The van der Waals surface area contributed by atoms with E-state index in [-0.39, 0.29) is 5.91 Å². The molecule has 2 unspecified atom stereocenters. The molecule has 28 heavy (non-hydrogen) atoms. The van der Waals surface area contributed by atoms with Gasteiger partial charge in [-0.05, 0) is 54.0 Å². The molecule has 5 nitrogen and oxygen atoms in total. The zero-order valence-electron chi connectivity index (χ0n) is 15.7. The molecule has 5 rings (SSSR count). The summed E-state index contributed by atoms with van der Waals surface area (Å²) >= 11 is 1.34. The summed E-state index contributed by atoms with van der Waals surface area (Å²) in [6.07, 6.45) is 5.17. The fourth-order valence-corrected chi connectivity index (χ4v) is 5.22. The number of likely N-dealkylation sites (tertiary alicyclic amines) is 1. The molecule has 3 aromatic rings. The minimum atomic E-state index is 0.187. The number of thioether (sulfide) groups is 1. The number of hydrogen-bond acceptors (Lipinski definition) is 5. The summed E-state index contributed by atoms with van der Waals surface area (Å²) in [5.41, 5.74) is 0.897. The lowest BCUT2D eigenvalue weighted by Gasteiger charge is -2.41. The highest BCUT2D eigenvalue weighted by molar-refractivity contribution is 7.99. The molecule has 2 heterocycles. The highest BCUT2D eigenvalue weighted by Gasteiger charge is 2.32. The highest BCUT2D eigenvalue weighted by atomic mass is 32.2. The molecule has 0 radical (unpaired) electrons. The van der Waals surface area contributed by atoms with Crippen molar-refractivity contribution in [2.45, 2.75) is 30.9 Å². The molecule has 1 amide bonds. The molecule has 2 fully saturated rings. The Bertz CT molecular complexity index is 990. The minimum Gasteiger partial charge on any atom is -0.411 e. The second-order valence-electron chi connectivity index (χ2n) is 7.92. The predicted molar refractivity (Wildman–Crippen MR) is 110 cm³/mol. The van der Waals surface area contributed by atoms with Crippen LogP contribution in [0, 0.1) is 11.8 Å². The Morgan fingerprint density at radius 1 is 1.07 bits per heavy atom. The number of amides is 1. The van der Waals surface area contributed by atoms with Crippen LogP contribution in [0.4, 0.5) is 0 Å². The predicted octanol–water partition coefficient (Wildman–Crippen LogP) is 4.63. The van der Waals surface area contributed by atoms with Gasteiger partial charge in [-0.15, -0.1) is 10.2 Å². The van der Waals surface area contributed by atoms with Crippen LogP contribution in [0.15, 0.2) is 52.1 Å². The van der Waals surface area contributed by atoms with Crippen LogP contribution in [-0.2, 0) is 4.79 Å². The van der Waals surface area contributed by atoms with Gasteiger partial charge in [-0.25, -0.2) is 0 Å². The number of piperidine rings is 1. The third-order valence-electron chi connectivity index (χ3n) is 5.92. The Morgan fingerprint density at radius 2 is 1.86 bits per heavy atom. The lowest BCUT2D eigenvalue weighted by atomic mass is 9.78. The Morgan fingerprint density at radius 3 is 2.68 bits per heavy atom. The summed E-state index contributed by atoms with van der Waals surface area (Å²) in [4.78, 5) is 14.7. The first-order valence-corrected chi connectivity index (χ1v) is 11.0. The Hall–Kier alpha value is -2.34. The molecular weight excluding hydrogens is 370 g/mol. The molecule has 2 aliphatic rings. The number of rotatable bonds is 4. The van der Waals surface area contributed by atoms with Crippen molar-refractivity contribution in [3.63, 3.8) is 0 Å². The van der Waals surface area contributed by atoms with Crippen LogP contribution in [0.2, 0.25) is 0 Å². The summed E-state index contributed by atoms with van der Waals surface area (Å²) in [5, 5.41) is 11.1. The first kappa shape index (κ1) is 17.7. The van der Waals surface area contributed by atoms with E-state index in [1.807, 2.05) is 23.1 Å². The molecule has 6 heteroatoms. The Kier molecular flexibility index (Phi) is 4.81. The number of hydrogen-bond donors (Lipinski definition) is 0. The number of aromatic nitrogens is 2. The van der Waals surface area contributed by atoms with Gasteiger partial charge in [0.2, 0.25) is 11.8 Å². The van der Waals surface area contributed by atoms with Gasteiger partial charge in [0.15, 0.2) is 0 Å². The van der Waals surface area contributed by atoms with Crippen molar-refractivity contribution in [3.05, 3.63) is 42.5 Å². The van der Waals surface area contributed by atoms with E-state index in [0.717, 1.165) is 24.0 Å². The van der Waals surface area contributed by atoms with E-state index in [0.29, 0.717) is 28.7 Å². The van der Waals surface area contributed by atoms with Crippen molar-refractivity contribution in [2.24, 2.45) is 11.8 Å². The maximum absolute atomic E-state index is 12.6. The molecule has 2 atom stereocenters. The van der Waals surface area contributed by atoms with E-state index in [1.54, 1.807) is 0 Å². The molecule has 0 spiro atoms. The number of fused-ring (bicyclic) bond motifs is 3. The zero-order valence-corrected chi connectivity index (χ0v) is 16.5. The second-order valence-corrected chi connectivity index (χ2v) is 8.85. The Balaban J connectivity index is 1.23. The van der Waals surface area contributed by atoms with Gasteiger partial charge < -0.3 is 9.32 Å². The lowest BCUT2D eigenvalue weighted by Crippen LogP contribution is -2.46. The molecule has 1 aliphatic carbocycles. The van der Waals surface area contributed by atoms with Gasteiger partial charge in [-0.2, -0.15) is 0 Å². The zero-order chi connectivity index (χ0) is 18.9. The minimum absolute atomic E-state index is 0.187. The summed E-state index contributed by atoms with van der Waals surface area (Å²) in [6, 6.07) is 14.3. The summed E-state index contributed by atoms with van der Waals surface area (Å²) in [6.45, 7) is 1.84. The molecule has 2 bridgehead atoms. The fraction of sp³-hybridized carbons (Fsp3) is 0.409. The third kappa shape index (κ3) is 3.65. The maximum Gasteiger partial charge on any atom is 0.277 e. The van der Waals surface area contributed by atoms with Gasteiger partial charge in [0.05, 0.1) is 5.75 Å². The van der Waals surface area contributed by atoms with Crippen molar-refractivity contribution in [2.75, 3.05) is 18.8 Å².